The molecule has 0 bridgehead atoms. The van der Waals surface area contributed by atoms with Gasteiger partial charge in [-0.25, -0.2) is 4.98 Å². The molecule has 2 aliphatic rings. The van der Waals surface area contributed by atoms with Gasteiger partial charge < -0.3 is 14.9 Å². The van der Waals surface area contributed by atoms with Crippen molar-refractivity contribution in [1.82, 2.24) is 9.88 Å². The van der Waals surface area contributed by atoms with Crippen molar-refractivity contribution in [2.75, 3.05) is 26.3 Å². The number of aliphatic hydroxyl groups is 2. The minimum Gasteiger partial charge on any atom is -0.394 e. The maximum atomic E-state index is 10.2. The average Bonchev–Trinajstić information content (AvgIpc) is 2.82. The van der Waals surface area contributed by atoms with Gasteiger partial charge in [0.05, 0.1) is 37.7 Å². The first kappa shape index (κ1) is 16.3. The molecule has 124 valence electrons. The van der Waals surface area contributed by atoms with Crippen molar-refractivity contribution < 1.29 is 14.9 Å². The second kappa shape index (κ2) is 6.53. The molecule has 2 N–H and O–H groups in total. The highest BCUT2D eigenvalue weighted by molar-refractivity contribution is 7.11. The molecule has 1 saturated heterocycles. The minimum absolute atomic E-state index is 0.0531. The fourth-order valence-electron chi connectivity index (χ4n) is 3.74. The first-order chi connectivity index (χ1) is 10.5. The number of aromatic nitrogens is 1. The maximum Gasteiger partial charge on any atom is 0.107 e. The van der Waals surface area contributed by atoms with Gasteiger partial charge in [-0.15, -0.1) is 11.3 Å². The number of ether oxygens (including phenoxy) is 1. The molecule has 0 aromatic carbocycles. The zero-order valence-corrected chi connectivity index (χ0v) is 14.2. The Kier molecular flexibility index (Phi) is 4.85. The Labute approximate surface area is 135 Å². The number of hydrogen-bond acceptors (Lipinski definition) is 6. The Morgan fingerprint density at radius 3 is 2.64 bits per heavy atom. The molecule has 6 heteroatoms. The van der Waals surface area contributed by atoms with Gasteiger partial charge in [0, 0.05) is 16.7 Å². The van der Waals surface area contributed by atoms with Crippen LogP contribution < -0.4 is 0 Å². The molecule has 3 rings (SSSR count). The number of likely N-dealkylation sites (tertiary alicyclic amines) is 1. The van der Waals surface area contributed by atoms with Crippen molar-refractivity contribution in [2.24, 2.45) is 5.41 Å². The highest BCUT2D eigenvalue weighted by atomic mass is 32.1. The van der Waals surface area contributed by atoms with Crippen LogP contribution in [0.2, 0.25) is 0 Å². The second-order valence-electron chi connectivity index (χ2n) is 6.59. The molecule has 22 heavy (non-hydrogen) atoms. The fourth-order valence-corrected chi connectivity index (χ4v) is 4.71. The summed E-state index contributed by atoms with van der Waals surface area (Å²) in [6.45, 7) is 7.48. The molecule has 5 nitrogen and oxygen atoms in total. The lowest BCUT2D eigenvalue weighted by Crippen LogP contribution is -2.62. The van der Waals surface area contributed by atoms with Crippen molar-refractivity contribution >= 4 is 11.3 Å². The smallest absolute Gasteiger partial charge is 0.107 e. The Bertz CT molecular complexity index is 492. The van der Waals surface area contributed by atoms with E-state index < -0.39 is 0 Å². The van der Waals surface area contributed by atoms with Crippen LogP contribution in [0.1, 0.15) is 34.8 Å². The Morgan fingerprint density at radius 2 is 2.09 bits per heavy atom. The van der Waals surface area contributed by atoms with Crippen LogP contribution in [0, 0.1) is 19.3 Å². The first-order valence-electron chi connectivity index (χ1n) is 8.11. The van der Waals surface area contributed by atoms with Gasteiger partial charge in [0.15, 0.2) is 0 Å². The summed E-state index contributed by atoms with van der Waals surface area (Å²) < 4.78 is 5.72. The van der Waals surface area contributed by atoms with Crippen LogP contribution in [0.25, 0.3) is 0 Å². The van der Waals surface area contributed by atoms with E-state index in [2.05, 4.69) is 23.7 Å². The lowest BCUT2D eigenvalue weighted by Gasteiger charge is -2.56. The largest absolute Gasteiger partial charge is 0.394 e. The molecule has 2 atom stereocenters. The van der Waals surface area contributed by atoms with Gasteiger partial charge in [-0.3, -0.25) is 4.90 Å². The molecule has 0 unspecified atom stereocenters. The predicted octanol–water partition coefficient (Wildman–Crippen LogP) is 1.48. The maximum absolute atomic E-state index is 10.2. The summed E-state index contributed by atoms with van der Waals surface area (Å²) in [7, 11) is 0. The number of thiazole rings is 1. The van der Waals surface area contributed by atoms with E-state index in [0.717, 1.165) is 38.2 Å². The average molecular weight is 326 g/mol. The zero-order valence-electron chi connectivity index (χ0n) is 13.4. The lowest BCUT2D eigenvalue weighted by molar-refractivity contribution is -0.213. The third kappa shape index (κ3) is 2.95. The molecule has 0 amide bonds. The van der Waals surface area contributed by atoms with Crippen LogP contribution in [-0.4, -0.2) is 58.6 Å². The monoisotopic (exact) mass is 326 g/mol. The summed E-state index contributed by atoms with van der Waals surface area (Å²) in [5, 5.41) is 20.3. The van der Waals surface area contributed by atoms with Gasteiger partial charge in [-0.2, -0.15) is 0 Å². The number of piperidine rings is 1. The molecule has 1 aromatic rings. The van der Waals surface area contributed by atoms with E-state index in [1.807, 2.05) is 0 Å². The molecule has 1 saturated carbocycles. The highest BCUT2D eigenvalue weighted by Gasteiger charge is 2.56. The van der Waals surface area contributed by atoms with Gasteiger partial charge in [0.2, 0.25) is 0 Å². The first-order valence-corrected chi connectivity index (χ1v) is 8.92. The van der Waals surface area contributed by atoms with Gasteiger partial charge in [-0.05, 0) is 39.8 Å². The van der Waals surface area contributed by atoms with E-state index in [0.29, 0.717) is 13.0 Å². The van der Waals surface area contributed by atoms with Gasteiger partial charge in [-0.1, -0.05) is 0 Å². The summed E-state index contributed by atoms with van der Waals surface area (Å²) in [5.74, 6) is 0. The summed E-state index contributed by atoms with van der Waals surface area (Å²) >= 11 is 1.79. The minimum atomic E-state index is -0.248. The quantitative estimate of drug-likeness (QED) is 0.858. The third-order valence-corrected chi connectivity index (χ3v) is 6.43. The highest BCUT2D eigenvalue weighted by Crippen LogP contribution is 2.51. The molecular formula is C16H26N2O3S. The number of rotatable bonds is 5. The van der Waals surface area contributed by atoms with Gasteiger partial charge >= 0.3 is 0 Å². The van der Waals surface area contributed by atoms with Gasteiger partial charge in [0.1, 0.15) is 5.01 Å². The fraction of sp³-hybridized carbons (Fsp3) is 0.812. The molecule has 2 heterocycles. The molecular weight excluding hydrogens is 300 g/mol. The van der Waals surface area contributed by atoms with E-state index in [1.165, 1.54) is 9.88 Å². The zero-order chi connectivity index (χ0) is 15.7. The van der Waals surface area contributed by atoms with Crippen LogP contribution in [-0.2, 0) is 11.3 Å². The van der Waals surface area contributed by atoms with Crippen LogP contribution in [0.5, 0.6) is 0 Å². The summed E-state index contributed by atoms with van der Waals surface area (Å²) in [6.07, 6.45) is 2.51. The number of nitrogens with zero attached hydrogens (tertiary/aromatic N) is 2. The van der Waals surface area contributed by atoms with E-state index >= 15 is 0 Å². The Morgan fingerprint density at radius 1 is 1.36 bits per heavy atom. The lowest BCUT2D eigenvalue weighted by atomic mass is 9.58. The van der Waals surface area contributed by atoms with Crippen molar-refractivity contribution in [3.8, 4) is 0 Å². The second-order valence-corrected chi connectivity index (χ2v) is 7.88. The van der Waals surface area contributed by atoms with Crippen molar-refractivity contribution in [3.63, 3.8) is 0 Å². The van der Waals surface area contributed by atoms with Crippen molar-refractivity contribution in [1.29, 1.82) is 0 Å². The van der Waals surface area contributed by atoms with E-state index in [4.69, 9.17) is 9.84 Å². The van der Waals surface area contributed by atoms with E-state index in [9.17, 15) is 5.11 Å². The molecule has 1 aromatic heterocycles. The molecule has 1 aliphatic carbocycles. The molecule has 1 aliphatic heterocycles. The van der Waals surface area contributed by atoms with E-state index in [1.54, 1.807) is 11.3 Å². The normalized spacial score (nSPS) is 28.0. The topological polar surface area (TPSA) is 65.8 Å². The SMILES string of the molecule is Cc1nc(CN2CCC3(CC2)[C@@H](O)C[C@H]3OCCO)sc1C. The number of aliphatic hydroxyl groups excluding tert-OH is 2. The molecule has 0 radical (unpaired) electrons. The predicted molar refractivity (Wildman–Crippen MR) is 86.0 cm³/mol. The third-order valence-electron chi connectivity index (χ3n) is 5.37. The Balaban J connectivity index is 1.55. The van der Waals surface area contributed by atoms with Crippen LogP contribution in [0.3, 0.4) is 0 Å². The number of hydrogen-bond donors (Lipinski definition) is 2. The molecule has 1 spiro atoms. The molecule has 2 fully saturated rings. The van der Waals surface area contributed by atoms with Crippen molar-refractivity contribution in [3.05, 3.63) is 15.6 Å². The number of aryl methyl sites for hydroxylation is 2. The van der Waals surface area contributed by atoms with E-state index in [-0.39, 0.29) is 24.2 Å². The summed E-state index contributed by atoms with van der Waals surface area (Å²) in [6, 6.07) is 0. The Hall–Kier alpha value is -0.530. The summed E-state index contributed by atoms with van der Waals surface area (Å²) in [4.78, 5) is 8.35. The van der Waals surface area contributed by atoms with Crippen LogP contribution >= 0.6 is 11.3 Å². The van der Waals surface area contributed by atoms with Crippen LogP contribution in [0.15, 0.2) is 0 Å². The summed E-state index contributed by atoms with van der Waals surface area (Å²) in [5.41, 5.74) is 1.06. The van der Waals surface area contributed by atoms with Crippen molar-refractivity contribution in [2.45, 2.75) is 51.9 Å². The van der Waals surface area contributed by atoms with Gasteiger partial charge in [0.25, 0.3) is 0 Å². The van der Waals surface area contributed by atoms with Crippen LogP contribution in [0.4, 0.5) is 0 Å². The standard InChI is InChI=1S/C16H26N2O3S/c1-11-12(2)22-15(17-11)10-18-5-3-16(4-6-18)13(20)9-14(16)21-8-7-19/h13-14,19-20H,3-10H2,1-2H3/t13-,14+/m0/s1.